The fraction of sp³-hybridized carbons (Fsp3) is 0.190. The monoisotopic (exact) mass is 464 g/mol. The van der Waals surface area contributed by atoms with Crippen molar-refractivity contribution < 1.29 is 19.1 Å². The van der Waals surface area contributed by atoms with E-state index in [2.05, 4.69) is 5.32 Å². The average molecular weight is 465 g/mol. The highest BCUT2D eigenvalue weighted by Gasteiger charge is 2.34. The van der Waals surface area contributed by atoms with Gasteiger partial charge >= 0.3 is 0 Å². The summed E-state index contributed by atoms with van der Waals surface area (Å²) >= 11 is 12.8. The Morgan fingerprint density at radius 3 is 2.57 bits per heavy atom. The molecule has 0 aliphatic carbocycles. The van der Waals surface area contributed by atoms with Crippen molar-refractivity contribution in [3.8, 4) is 0 Å². The van der Waals surface area contributed by atoms with Crippen LogP contribution in [0.25, 0.3) is 6.08 Å². The lowest BCUT2D eigenvalue weighted by molar-refractivity contribution is -0.122. The van der Waals surface area contributed by atoms with Gasteiger partial charge in [0.05, 0.1) is 11.5 Å². The highest BCUT2D eigenvalue weighted by atomic mass is 35.5. The van der Waals surface area contributed by atoms with E-state index in [-0.39, 0.29) is 23.9 Å². The molecule has 1 fully saturated rings. The molecule has 1 aliphatic heterocycles. The number of nitrogens with one attached hydrogen (secondary N) is 1. The maximum Gasteiger partial charge on any atom is 0.293 e. The summed E-state index contributed by atoms with van der Waals surface area (Å²) in [5, 5.41) is 3.19. The first-order valence-corrected chi connectivity index (χ1v) is 10.5. The molecule has 9 heteroatoms. The highest BCUT2D eigenvalue weighted by Crippen LogP contribution is 2.33. The van der Waals surface area contributed by atoms with E-state index in [1.807, 2.05) is 12.1 Å². The normalized spacial score (nSPS) is 15.2. The van der Waals surface area contributed by atoms with Crippen LogP contribution in [-0.2, 0) is 16.1 Å². The van der Waals surface area contributed by atoms with Crippen molar-refractivity contribution >= 4 is 58.1 Å². The number of hydrogen-bond acceptors (Lipinski definition) is 5. The van der Waals surface area contributed by atoms with Crippen molar-refractivity contribution in [2.75, 3.05) is 20.2 Å². The van der Waals surface area contributed by atoms with E-state index >= 15 is 0 Å². The third kappa shape index (κ3) is 5.43. The minimum atomic E-state index is -0.422. The number of thioether (sulfide) groups is 1. The fourth-order valence-corrected chi connectivity index (χ4v) is 4.07. The van der Waals surface area contributed by atoms with Gasteiger partial charge in [0.15, 0.2) is 0 Å². The topological polar surface area (TPSA) is 75.7 Å². The van der Waals surface area contributed by atoms with Gasteiger partial charge in [-0.1, -0.05) is 41.4 Å². The summed E-state index contributed by atoms with van der Waals surface area (Å²) in [6.45, 7) is 0.686. The molecule has 0 radical (unpaired) electrons. The van der Waals surface area contributed by atoms with Gasteiger partial charge in [-0.3, -0.25) is 19.3 Å². The third-order valence-electron chi connectivity index (χ3n) is 4.27. The molecular weight excluding hydrogens is 447 g/mol. The predicted molar refractivity (Wildman–Crippen MR) is 119 cm³/mol. The molecule has 2 aromatic carbocycles. The molecule has 0 spiro atoms. The Balaban J connectivity index is 1.58. The zero-order valence-electron chi connectivity index (χ0n) is 16.0. The van der Waals surface area contributed by atoms with Crippen LogP contribution in [0.3, 0.4) is 0 Å². The first-order chi connectivity index (χ1) is 14.4. The molecule has 0 atom stereocenters. The average Bonchev–Trinajstić information content (AvgIpc) is 2.98. The Morgan fingerprint density at radius 1 is 1.17 bits per heavy atom. The van der Waals surface area contributed by atoms with E-state index in [0.29, 0.717) is 27.8 Å². The smallest absolute Gasteiger partial charge is 0.293 e. The van der Waals surface area contributed by atoms with Crippen molar-refractivity contribution in [2.45, 2.75) is 6.61 Å². The largest absolute Gasteiger partial charge is 0.380 e. The SMILES string of the molecule is COCc1ccc(C(=O)NCCN2C(=O)S/C(=C\c3ccc(Cl)cc3Cl)C2=O)cc1. The lowest BCUT2D eigenvalue weighted by Gasteiger charge is -2.13. The molecule has 1 N–H and O–H groups in total. The molecular formula is C21H18Cl2N2O4S. The molecule has 0 aromatic heterocycles. The highest BCUT2D eigenvalue weighted by molar-refractivity contribution is 8.18. The van der Waals surface area contributed by atoms with Crippen LogP contribution >= 0.6 is 35.0 Å². The van der Waals surface area contributed by atoms with Crippen LogP contribution in [0.5, 0.6) is 0 Å². The number of rotatable bonds is 7. The molecule has 0 bridgehead atoms. The van der Waals surface area contributed by atoms with E-state index in [0.717, 1.165) is 22.2 Å². The number of halogens is 2. The number of imide groups is 1. The van der Waals surface area contributed by atoms with E-state index < -0.39 is 11.1 Å². The Bertz CT molecular complexity index is 1010. The zero-order valence-corrected chi connectivity index (χ0v) is 18.3. The van der Waals surface area contributed by atoms with Gasteiger partial charge in [-0.15, -0.1) is 0 Å². The van der Waals surface area contributed by atoms with Crippen LogP contribution in [0, 0.1) is 0 Å². The van der Waals surface area contributed by atoms with Crippen LogP contribution in [0.1, 0.15) is 21.5 Å². The first-order valence-electron chi connectivity index (χ1n) is 8.95. The summed E-state index contributed by atoms with van der Waals surface area (Å²) in [4.78, 5) is 38.4. The molecule has 1 heterocycles. The number of ether oxygens (including phenoxy) is 1. The van der Waals surface area contributed by atoms with Crippen LogP contribution < -0.4 is 5.32 Å². The number of carbonyl (C=O) groups is 3. The molecule has 1 aliphatic rings. The Hall–Kier alpha value is -2.32. The van der Waals surface area contributed by atoms with Crippen molar-refractivity contribution in [2.24, 2.45) is 0 Å². The molecule has 3 rings (SSSR count). The molecule has 6 nitrogen and oxygen atoms in total. The van der Waals surface area contributed by atoms with Crippen LogP contribution in [-0.4, -0.2) is 42.2 Å². The van der Waals surface area contributed by atoms with Gasteiger partial charge in [0.1, 0.15) is 0 Å². The molecule has 3 amide bonds. The fourth-order valence-electron chi connectivity index (χ4n) is 2.75. The number of amides is 3. The number of carbonyl (C=O) groups excluding carboxylic acids is 3. The van der Waals surface area contributed by atoms with E-state index in [9.17, 15) is 14.4 Å². The van der Waals surface area contributed by atoms with E-state index in [1.165, 1.54) is 0 Å². The molecule has 0 unspecified atom stereocenters. The first kappa shape index (κ1) is 22.4. The number of hydrogen-bond donors (Lipinski definition) is 1. The van der Waals surface area contributed by atoms with Gasteiger partial charge in [0, 0.05) is 35.8 Å². The molecule has 1 saturated heterocycles. The van der Waals surface area contributed by atoms with Crippen LogP contribution in [0.2, 0.25) is 10.0 Å². The predicted octanol–water partition coefficient (Wildman–Crippen LogP) is 4.61. The number of benzene rings is 2. The maximum absolute atomic E-state index is 12.6. The Morgan fingerprint density at radius 2 is 1.90 bits per heavy atom. The summed E-state index contributed by atoms with van der Waals surface area (Å²) < 4.78 is 5.04. The molecule has 30 heavy (non-hydrogen) atoms. The molecule has 156 valence electrons. The van der Waals surface area contributed by atoms with Crippen molar-refractivity contribution in [3.05, 3.63) is 74.1 Å². The summed E-state index contributed by atoms with van der Waals surface area (Å²) in [5.74, 6) is -0.705. The van der Waals surface area contributed by atoms with Gasteiger partial charge in [-0.05, 0) is 53.2 Å². The third-order valence-corrected chi connectivity index (χ3v) is 5.74. The Kier molecular flexibility index (Phi) is 7.55. The van der Waals surface area contributed by atoms with Gasteiger partial charge in [0.25, 0.3) is 17.1 Å². The molecule has 0 saturated carbocycles. The van der Waals surface area contributed by atoms with E-state index in [1.54, 1.807) is 43.5 Å². The lowest BCUT2D eigenvalue weighted by atomic mass is 10.1. The molecule has 2 aromatic rings. The minimum Gasteiger partial charge on any atom is -0.380 e. The Labute approximate surface area is 188 Å². The second kappa shape index (κ2) is 10.1. The van der Waals surface area contributed by atoms with Gasteiger partial charge in [0.2, 0.25) is 0 Å². The van der Waals surface area contributed by atoms with Crippen LogP contribution in [0.15, 0.2) is 47.4 Å². The maximum atomic E-state index is 12.6. The summed E-state index contributed by atoms with van der Waals surface area (Å²) in [7, 11) is 1.60. The lowest BCUT2D eigenvalue weighted by Crippen LogP contribution is -2.37. The minimum absolute atomic E-state index is 0.0733. The summed E-state index contributed by atoms with van der Waals surface area (Å²) in [5.41, 5.74) is 2.04. The van der Waals surface area contributed by atoms with Gasteiger partial charge in [-0.2, -0.15) is 0 Å². The number of methoxy groups -OCH3 is 1. The second-order valence-corrected chi connectivity index (χ2v) is 8.22. The van der Waals surface area contributed by atoms with Crippen LogP contribution in [0.4, 0.5) is 4.79 Å². The standard InChI is InChI=1S/C21H18Cl2N2O4S/c1-29-12-13-2-4-14(5-3-13)19(26)24-8-9-25-20(27)18(30-21(25)28)10-15-6-7-16(22)11-17(15)23/h2-7,10-11H,8-9,12H2,1H3,(H,24,26)/b18-10-. The zero-order chi connectivity index (χ0) is 21.7. The van der Waals surface area contributed by atoms with E-state index in [4.69, 9.17) is 27.9 Å². The quantitative estimate of drug-likeness (QED) is 0.605. The summed E-state index contributed by atoms with van der Waals surface area (Å²) in [6.07, 6.45) is 1.56. The van der Waals surface area contributed by atoms with Gasteiger partial charge in [-0.25, -0.2) is 0 Å². The second-order valence-electron chi connectivity index (χ2n) is 6.39. The van der Waals surface area contributed by atoms with Crippen molar-refractivity contribution in [1.29, 1.82) is 0 Å². The van der Waals surface area contributed by atoms with Gasteiger partial charge < -0.3 is 10.1 Å². The van der Waals surface area contributed by atoms with Crippen molar-refractivity contribution in [3.63, 3.8) is 0 Å². The number of nitrogens with zero attached hydrogens (tertiary/aromatic N) is 1. The van der Waals surface area contributed by atoms with Crippen molar-refractivity contribution in [1.82, 2.24) is 10.2 Å². The summed E-state index contributed by atoms with van der Waals surface area (Å²) in [6, 6.07) is 11.9.